The third-order valence-electron chi connectivity index (χ3n) is 5.70. The van der Waals surface area contributed by atoms with Crippen LogP contribution in [0.2, 0.25) is 0 Å². The Kier molecular flexibility index (Phi) is 7.37. The molecule has 0 aliphatic rings. The normalized spacial score (nSPS) is 10.9. The van der Waals surface area contributed by atoms with Gasteiger partial charge in [-0.15, -0.1) is 0 Å². The molecule has 180 valence electrons. The number of unbranched alkanes of at least 4 members (excludes halogenated alkanes) is 2. The second-order valence-electron chi connectivity index (χ2n) is 8.01. The molecule has 1 amide bonds. The summed E-state index contributed by atoms with van der Waals surface area (Å²) in [6.07, 6.45) is 4.35. The number of carboxylic acid groups (broad SMARTS) is 1. The number of aromatic nitrogens is 3. The minimum Gasteiger partial charge on any atom is -0.481 e. The summed E-state index contributed by atoms with van der Waals surface area (Å²) in [5.41, 5.74) is 9.20. The van der Waals surface area contributed by atoms with Gasteiger partial charge in [0.1, 0.15) is 0 Å². The second-order valence-corrected chi connectivity index (χ2v) is 8.01. The standard InChI is InChI=1S/C26H27N5O4/c1-35-24-20(11-7-14-28-24)19-10-6-12-21-22(19)31(15-4-2-3-13-27)26(29-21)30-23(32)17-8-5-9-18(16-17)25(33)34/h5-12,14,16H,2-4,13,15,27H2,1H3,(H,33,34)(H,29,30,32). The van der Waals surface area contributed by atoms with Crippen LogP contribution in [0.4, 0.5) is 5.95 Å². The Labute approximate surface area is 202 Å². The van der Waals surface area contributed by atoms with Crippen molar-refractivity contribution in [2.24, 2.45) is 5.73 Å². The summed E-state index contributed by atoms with van der Waals surface area (Å²) in [4.78, 5) is 33.4. The maximum atomic E-state index is 13.0. The molecular weight excluding hydrogens is 446 g/mol. The van der Waals surface area contributed by atoms with Crippen molar-refractivity contribution >= 4 is 28.9 Å². The van der Waals surface area contributed by atoms with E-state index in [0.717, 1.165) is 35.9 Å². The Balaban J connectivity index is 1.79. The molecule has 4 N–H and O–H groups in total. The number of rotatable bonds is 10. The summed E-state index contributed by atoms with van der Waals surface area (Å²) >= 11 is 0. The number of aryl methyl sites for hydroxylation is 1. The van der Waals surface area contributed by atoms with Gasteiger partial charge < -0.3 is 20.1 Å². The van der Waals surface area contributed by atoms with Crippen LogP contribution in [0.3, 0.4) is 0 Å². The number of benzene rings is 2. The summed E-state index contributed by atoms with van der Waals surface area (Å²) in [7, 11) is 1.58. The van der Waals surface area contributed by atoms with Crippen molar-refractivity contribution < 1.29 is 19.4 Å². The number of methoxy groups -OCH3 is 1. The molecule has 0 saturated carbocycles. The molecule has 0 unspecified atom stereocenters. The number of carboxylic acids is 1. The number of nitrogens with one attached hydrogen (secondary N) is 1. The number of ether oxygens (including phenoxy) is 1. The van der Waals surface area contributed by atoms with Crippen LogP contribution in [0.1, 0.15) is 40.0 Å². The average molecular weight is 474 g/mol. The predicted molar refractivity (Wildman–Crippen MR) is 134 cm³/mol. The number of anilines is 1. The van der Waals surface area contributed by atoms with E-state index in [2.05, 4.69) is 10.3 Å². The number of fused-ring (bicyclic) bond motifs is 1. The highest BCUT2D eigenvalue weighted by atomic mass is 16.5. The smallest absolute Gasteiger partial charge is 0.335 e. The van der Waals surface area contributed by atoms with E-state index in [1.165, 1.54) is 12.1 Å². The van der Waals surface area contributed by atoms with Gasteiger partial charge in [-0.1, -0.05) is 24.6 Å². The van der Waals surface area contributed by atoms with Crippen LogP contribution in [0.25, 0.3) is 22.2 Å². The molecule has 2 aromatic heterocycles. The van der Waals surface area contributed by atoms with Gasteiger partial charge in [0.15, 0.2) is 0 Å². The van der Waals surface area contributed by atoms with Crippen molar-refractivity contribution in [1.29, 1.82) is 0 Å². The number of hydrogen-bond acceptors (Lipinski definition) is 6. The molecule has 9 heteroatoms. The number of para-hydroxylation sites is 1. The second kappa shape index (κ2) is 10.8. The Morgan fingerprint density at radius 3 is 2.57 bits per heavy atom. The van der Waals surface area contributed by atoms with E-state index in [-0.39, 0.29) is 11.1 Å². The monoisotopic (exact) mass is 473 g/mol. The zero-order chi connectivity index (χ0) is 24.8. The maximum absolute atomic E-state index is 13.0. The van der Waals surface area contributed by atoms with E-state index in [9.17, 15) is 14.7 Å². The molecule has 2 heterocycles. The number of carbonyl (C=O) groups is 2. The number of nitrogens with zero attached hydrogens (tertiary/aromatic N) is 3. The van der Waals surface area contributed by atoms with Gasteiger partial charge in [-0.05, 0) is 55.8 Å². The molecule has 0 aliphatic heterocycles. The van der Waals surface area contributed by atoms with Crippen molar-refractivity contribution in [2.45, 2.75) is 25.8 Å². The maximum Gasteiger partial charge on any atom is 0.335 e. The number of pyridine rings is 1. The van der Waals surface area contributed by atoms with E-state index < -0.39 is 11.9 Å². The first-order valence-corrected chi connectivity index (χ1v) is 11.4. The Hall–Kier alpha value is -4.24. The van der Waals surface area contributed by atoms with E-state index in [1.807, 2.05) is 34.9 Å². The van der Waals surface area contributed by atoms with Gasteiger partial charge in [0.2, 0.25) is 11.8 Å². The molecule has 9 nitrogen and oxygen atoms in total. The first-order valence-electron chi connectivity index (χ1n) is 11.4. The minimum atomic E-state index is -1.10. The highest BCUT2D eigenvalue weighted by Crippen LogP contribution is 2.35. The van der Waals surface area contributed by atoms with Gasteiger partial charge in [0, 0.05) is 29.4 Å². The van der Waals surface area contributed by atoms with Gasteiger partial charge in [-0.2, -0.15) is 0 Å². The van der Waals surface area contributed by atoms with Crippen molar-refractivity contribution in [1.82, 2.24) is 14.5 Å². The zero-order valence-electron chi connectivity index (χ0n) is 19.4. The van der Waals surface area contributed by atoms with Gasteiger partial charge in [0.05, 0.1) is 23.7 Å². The summed E-state index contributed by atoms with van der Waals surface area (Å²) < 4.78 is 7.47. The molecule has 0 atom stereocenters. The van der Waals surface area contributed by atoms with Crippen LogP contribution < -0.4 is 15.8 Å². The quantitative estimate of drug-likeness (QED) is 0.294. The minimum absolute atomic E-state index is 0.0406. The van der Waals surface area contributed by atoms with Crippen molar-refractivity contribution in [3.8, 4) is 17.0 Å². The summed E-state index contributed by atoms with van der Waals surface area (Å²) in [6.45, 7) is 1.23. The predicted octanol–water partition coefficient (Wildman–Crippen LogP) is 4.19. The molecule has 0 radical (unpaired) electrons. The van der Waals surface area contributed by atoms with Gasteiger partial charge in [0.25, 0.3) is 5.91 Å². The first-order chi connectivity index (χ1) is 17.0. The highest BCUT2D eigenvalue weighted by Gasteiger charge is 2.20. The third kappa shape index (κ3) is 5.15. The fourth-order valence-corrected chi connectivity index (χ4v) is 4.03. The molecule has 35 heavy (non-hydrogen) atoms. The lowest BCUT2D eigenvalue weighted by Crippen LogP contribution is -2.17. The largest absolute Gasteiger partial charge is 0.481 e. The topological polar surface area (TPSA) is 132 Å². The fourth-order valence-electron chi connectivity index (χ4n) is 4.03. The molecular formula is C26H27N5O4. The number of amides is 1. The van der Waals surface area contributed by atoms with E-state index in [1.54, 1.807) is 25.4 Å². The lowest BCUT2D eigenvalue weighted by Gasteiger charge is -2.14. The van der Waals surface area contributed by atoms with Gasteiger partial charge in [-0.25, -0.2) is 14.8 Å². The van der Waals surface area contributed by atoms with Crippen LogP contribution in [0, 0.1) is 0 Å². The number of imidazole rings is 1. The Bertz CT molecular complexity index is 1370. The number of carbonyl (C=O) groups excluding carboxylic acids is 1. The Morgan fingerprint density at radius 1 is 1.03 bits per heavy atom. The molecule has 0 saturated heterocycles. The summed E-state index contributed by atoms with van der Waals surface area (Å²) in [5, 5.41) is 12.1. The first kappa shape index (κ1) is 23.9. The lowest BCUT2D eigenvalue weighted by molar-refractivity contribution is 0.0697. The molecule has 0 bridgehead atoms. The van der Waals surface area contributed by atoms with Crippen LogP contribution in [-0.4, -0.2) is 45.2 Å². The van der Waals surface area contributed by atoms with Crippen molar-refractivity contribution in [3.63, 3.8) is 0 Å². The number of aromatic carboxylic acids is 1. The molecule has 4 aromatic rings. The molecule has 4 rings (SSSR count). The third-order valence-corrected chi connectivity index (χ3v) is 5.70. The highest BCUT2D eigenvalue weighted by molar-refractivity contribution is 6.06. The van der Waals surface area contributed by atoms with Crippen LogP contribution in [-0.2, 0) is 6.54 Å². The summed E-state index contributed by atoms with van der Waals surface area (Å²) in [6, 6.07) is 15.4. The van der Waals surface area contributed by atoms with Crippen molar-refractivity contribution in [2.75, 3.05) is 19.0 Å². The van der Waals surface area contributed by atoms with Crippen LogP contribution in [0.15, 0.2) is 60.8 Å². The van der Waals surface area contributed by atoms with Gasteiger partial charge >= 0.3 is 5.97 Å². The van der Waals surface area contributed by atoms with E-state index in [0.29, 0.717) is 30.4 Å². The zero-order valence-corrected chi connectivity index (χ0v) is 19.4. The fraction of sp³-hybridized carbons (Fsp3) is 0.231. The Morgan fingerprint density at radius 2 is 1.80 bits per heavy atom. The lowest BCUT2D eigenvalue weighted by atomic mass is 10.1. The molecule has 0 aliphatic carbocycles. The van der Waals surface area contributed by atoms with Crippen LogP contribution in [0.5, 0.6) is 5.88 Å². The van der Waals surface area contributed by atoms with E-state index >= 15 is 0 Å². The number of hydrogen-bond donors (Lipinski definition) is 3. The SMILES string of the molecule is COc1ncccc1-c1cccc2nc(NC(=O)c3cccc(C(=O)O)c3)n(CCCCCN)c12. The van der Waals surface area contributed by atoms with E-state index in [4.69, 9.17) is 15.5 Å². The number of nitrogens with two attached hydrogens (primary N) is 1. The molecule has 2 aromatic carbocycles. The van der Waals surface area contributed by atoms with Crippen LogP contribution >= 0.6 is 0 Å². The van der Waals surface area contributed by atoms with Crippen molar-refractivity contribution in [3.05, 3.63) is 71.9 Å². The molecule has 0 spiro atoms. The molecule has 0 fully saturated rings. The average Bonchev–Trinajstić information content (AvgIpc) is 3.23. The summed E-state index contributed by atoms with van der Waals surface area (Å²) in [5.74, 6) is -0.658. The van der Waals surface area contributed by atoms with Gasteiger partial charge in [-0.3, -0.25) is 10.1 Å².